The van der Waals surface area contributed by atoms with E-state index in [1.165, 1.54) is 48.5 Å². The summed E-state index contributed by atoms with van der Waals surface area (Å²) in [4.78, 5) is 49.5. The van der Waals surface area contributed by atoms with Crippen molar-refractivity contribution in [3.8, 4) is 0 Å². The fourth-order valence-electron chi connectivity index (χ4n) is 5.43. The zero-order valence-corrected chi connectivity index (χ0v) is 32.4. The lowest BCUT2D eigenvalue weighted by Crippen LogP contribution is -2.34. The van der Waals surface area contributed by atoms with E-state index in [2.05, 4.69) is 31.9 Å². The second kappa shape index (κ2) is 18.5. The largest absolute Gasteiger partial charge is 0.333 e. The molecule has 0 aromatic heterocycles. The lowest BCUT2D eigenvalue weighted by atomic mass is 10.0. The molecule has 8 N–H and O–H groups in total. The molecule has 8 amide bonds. The van der Waals surface area contributed by atoms with Crippen LogP contribution < -0.4 is 41.3 Å². The Bertz CT molecular complexity index is 2500. The van der Waals surface area contributed by atoms with Crippen molar-refractivity contribution in [2.24, 2.45) is 0 Å². The highest BCUT2D eigenvalue weighted by atomic mass is 32.2. The fraction of sp³-hybridized carbons (Fsp3) is 0.0244. The number of para-hydroxylation sites is 2. The smallest absolute Gasteiger partial charge is 0.308 e. The van der Waals surface area contributed by atoms with Gasteiger partial charge in [0.2, 0.25) is 0 Å². The Balaban J connectivity index is 0.960. The van der Waals surface area contributed by atoms with E-state index < -0.39 is 44.2 Å². The van der Waals surface area contributed by atoms with Crippen molar-refractivity contribution in [3.05, 3.63) is 169 Å². The third-order valence-corrected chi connectivity index (χ3v) is 10.8. The molecule has 59 heavy (non-hydrogen) atoms. The maximum Gasteiger partial charge on any atom is 0.333 e. The first-order valence-electron chi connectivity index (χ1n) is 17.6. The van der Waals surface area contributed by atoms with Crippen molar-refractivity contribution < 1.29 is 36.0 Å². The van der Waals surface area contributed by atoms with Crippen molar-refractivity contribution in [2.45, 2.75) is 16.2 Å². The van der Waals surface area contributed by atoms with Gasteiger partial charge in [0.15, 0.2) is 0 Å². The summed E-state index contributed by atoms with van der Waals surface area (Å²) in [5.74, 6) is 0. The molecule has 0 fully saturated rings. The normalized spacial score (nSPS) is 11.0. The molecule has 0 saturated heterocycles. The summed E-state index contributed by atoms with van der Waals surface area (Å²) < 4.78 is 55.7. The van der Waals surface area contributed by atoms with Crippen LogP contribution in [0.1, 0.15) is 11.1 Å². The molecule has 6 aromatic rings. The topological polar surface area (TPSA) is 233 Å². The number of carbonyl (C=O) groups excluding carboxylic acids is 4. The van der Waals surface area contributed by atoms with Crippen LogP contribution in [0, 0.1) is 0 Å². The number of urea groups is 4. The molecule has 0 unspecified atom stereocenters. The first-order valence-corrected chi connectivity index (χ1v) is 20.6. The van der Waals surface area contributed by atoms with Crippen LogP contribution in [-0.4, -0.2) is 41.0 Å². The van der Waals surface area contributed by atoms with Crippen molar-refractivity contribution in [1.82, 2.24) is 9.44 Å². The Labute approximate surface area is 339 Å². The van der Waals surface area contributed by atoms with Crippen LogP contribution in [-0.2, 0) is 26.5 Å². The second-order valence-electron chi connectivity index (χ2n) is 12.6. The van der Waals surface area contributed by atoms with Gasteiger partial charge in [-0.25, -0.2) is 45.5 Å². The maximum absolute atomic E-state index is 12.9. The fourth-order valence-corrected chi connectivity index (χ4v) is 7.34. The summed E-state index contributed by atoms with van der Waals surface area (Å²) >= 11 is 0. The van der Waals surface area contributed by atoms with Gasteiger partial charge in [-0.2, -0.15) is 0 Å². The van der Waals surface area contributed by atoms with Gasteiger partial charge in [-0.05, 0) is 102 Å². The number of anilines is 6. The van der Waals surface area contributed by atoms with Gasteiger partial charge in [0.25, 0.3) is 20.0 Å². The van der Waals surface area contributed by atoms with E-state index in [0.717, 1.165) is 11.1 Å². The molecule has 0 aliphatic heterocycles. The highest BCUT2D eigenvalue weighted by molar-refractivity contribution is 7.90. The molecule has 0 saturated carbocycles. The van der Waals surface area contributed by atoms with Gasteiger partial charge < -0.3 is 31.9 Å². The Hall–Kier alpha value is -7.70. The van der Waals surface area contributed by atoms with Crippen LogP contribution in [0.25, 0.3) is 0 Å². The van der Waals surface area contributed by atoms with Gasteiger partial charge in [-0.3, -0.25) is 0 Å². The second-order valence-corrected chi connectivity index (χ2v) is 16.0. The van der Waals surface area contributed by atoms with E-state index in [9.17, 15) is 36.0 Å². The molecule has 6 aromatic carbocycles. The van der Waals surface area contributed by atoms with Crippen LogP contribution in [0.2, 0.25) is 0 Å². The molecule has 0 aliphatic rings. The number of benzene rings is 6. The van der Waals surface area contributed by atoms with E-state index in [1.54, 1.807) is 109 Å². The minimum atomic E-state index is -4.30. The Kier molecular flexibility index (Phi) is 12.8. The van der Waals surface area contributed by atoms with Crippen LogP contribution in [0.15, 0.2) is 168 Å². The Morgan fingerprint density at radius 1 is 0.339 bits per heavy atom. The zero-order valence-electron chi connectivity index (χ0n) is 30.8. The highest BCUT2D eigenvalue weighted by Crippen LogP contribution is 2.20. The predicted molar refractivity (Wildman–Crippen MR) is 225 cm³/mol. The van der Waals surface area contributed by atoms with Gasteiger partial charge in [0.05, 0.1) is 9.79 Å². The summed E-state index contributed by atoms with van der Waals surface area (Å²) in [5.41, 5.74) is 3.84. The first kappa shape index (κ1) is 40.9. The Morgan fingerprint density at radius 2 is 0.644 bits per heavy atom. The van der Waals surface area contributed by atoms with E-state index in [-0.39, 0.29) is 21.2 Å². The minimum Gasteiger partial charge on any atom is -0.308 e. The predicted octanol–water partition coefficient (Wildman–Crippen LogP) is 7.59. The van der Waals surface area contributed by atoms with Gasteiger partial charge in [0, 0.05) is 34.1 Å². The number of hydrogen-bond donors (Lipinski definition) is 8. The van der Waals surface area contributed by atoms with Crippen LogP contribution in [0.5, 0.6) is 0 Å². The molecule has 16 nitrogen and oxygen atoms in total. The average Bonchev–Trinajstić information content (AvgIpc) is 3.20. The third-order valence-electron chi connectivity index (χ3n) is 8.15. The summed E-state index contributed by atoms with van der Waals surface area (Å²) in [6.07, 6.45) is 0.462. The monoisotopic (exact) mass is 832 g/mol. The quantitative estimate of drug-likeness (QED) is 0.0611. The highest BCUT2D eigenvalue weighted by Gasteiger charge is 2.20. The van der Waals surface area contributed by atoms with Gasteiger partial charge in [0.1, 0.15) is 0 Å². The molecule has 18 heteroatoms. The van der Waals surface area contributed by atoms with Crippen molar-refractivity contribution in [2.75, 3.05) is 31.9 Å². The van der Waals surface area contributed by atoms with Crippen molar-refractivity contribution >= 4 is 78.3 Å². The molecule has 300 valence electrons. The summed E-state index contributed by atoms with van der Waals surface area (Å²) in [5, 5.41) is 15.4. The molecular weight excluding hydrogens is 797 g/mol. The van der Waals surface area contributed by atoms with Crippen LogP contribution in [0.4, 0.5) is 53.3 Å². The van der Waals surface area contributed by atoms with Gasteiger partial charge >= 0.3 is 24.1 Å². The third kappa shape index (κ3) is 12.1. The van der Waals surface area contributed by atoms with Crippen molar-refractivity contribution in [3.63, 3.8) is 0 Å². The Morgan fingerprint density at radius 3 is 1.02 bits per heavy atom. The standard InChI is InChI=1S/C41H36N8O8S2/c50-38(42-30-9-3-1-4-10-30)46-34-13-7-15-36(26-34)58(54,55)48-40(52)44-32-21-17-28(18-22-32)25-29-19-23-33(24-20-29)45-41(53)49-59(56,57)37-16-8-14-35(27-37)47-39(51)43-31-11-5-2-6-12-31/h1-24,26-27H,25H2,(H2,42,46,50)(H2,43,47,51)(H2,44,48,52)(H2,45,49,53). The molecule has 0 aliphatic carbocycles. The molecular formula is C41H36N8O8S2. The molecule has 0 bridgehead atoms. The number of rotatable bonds is 12. The number of nitrogens with one attached hydrogen (secondary N) is 8. The van der Waals surface area contributed by atoms with E-state index in [0.29, 0.717) is 29.2 Å². The average molecular weight is 833 g/mol. The number of sulfonamides is 2. The van der Waals surface area contributed by atoms with Gasteiger partial charge in [-0.1, -0.05) is 72.8 Å². The maximum atomic E-state index is 12.9. The summed E-state index contributed by atoms with van der Waals surface area (Å²) in [6.45, 7) is 0. The molecule has 0 heterocycles. The molecule has 0 spiro atoms. The van der Waals surface area contributed by atoms with Crippen molar-refractivity contribution in [1.29, 1.82) is 0 Å². The number of hydrogen-bond acceptors (Lipinski definition) is 8. The zero-order chi connectivity index (χ0) is 41.8. The van der Waals surface area contributed by atoms with E-state index in [4.69, 9.17) is 0 Å². The molecule has 0 atom stereocenters. The SMILES string of the molecule is O=C(Nc1ccccc1)Nc1cccc(S(=O)(=O)NC(=O)Nc2ccc(Cc3ccc(NC(=O)NS(=O)(=O)c4cccc(NC(=O)Nc5ccccc5)c4)cc3)cc2)c1. The number of carbonyl (C=O) groups is 4. The molecule has 0 radical (unpaired) electrons. The van der Waals surface area contributed by atoms with E-state index in [1.807, 2.05) is 9.44 Å². The van der Waals surface area contributed by atoms with Crippen LogP contribution in [0.3, 0.4) is 0 Å². The lowest BCUT2D eigenvalue weighted by Gasteiger charge is -2.12. The molecule has 6 rings (SSSR count). The minimum absolute atomic E-state index is 0.195. The summed E-state index contributed by atoms with van der Waals surface area (Å²) in [7, 11) is -8.60. The summed E-state index contributed by atoms with van der Waals surface area (Å²) in [6, 6.07) is 38.5. The van der Waals surface area contributed by atoms with Gasteiger partial charge in [-0.15, -0.1) is 0 Å². The van der Waals surface area contributed by atoms with E-state index >= 15 is 0 Å². The first-order chi connectivity index (χ1) is 28.3. The number of amides is 8. The lowest BCUT2D eigenvalue weighted by molar-refractivity contribution is 0.255. The van der Waals surface area contributed by atoms with Crippen LogP contribution >= 0.6 is 0 Å².